The minimum absolute atomic E-state index is 0.0872. The van der Waals surface area contributed by atoms with Crippen molar-refractivity contribution >= 4 is 39.4 Å². The summed E-state index contributed by atoms with van der Waals surface area (Å²) >= 11 is 5.09. The number of nitrogens with one attached hydrogen (secondary N) is 1. The predicted octanol–water partition coefficient (Wildman–Crippen LogP) is 3.08. The lowest BCUT2D eigenvalue weighted by molar-refractivity contribution is 0.0949. The number of amides is 1. The van der Waals surface area contributed by atoms with Crippen molar-refractivity contribution in [1.82, 2.24) is 10.3 Å². The standard InChI is InChI=1S/C13H20BrN3OS/c1-4-13(5-2,19-3)8-17-12(18)10-6-9(14)7-16-11(10)15/h6-7H,4-5,8H2,1-3H3,(H2,15,16)(H,17,18). The van der Waals surface area contributed by atoms with Gasteiger partial charge < -0.3 is 11.1 Å². The molecule has 0 spiro atoms. The predicted molar refractivity (Wildman–Crippen MR) is 85.5 cm³/mol. The third-order valence-electron chi connectivity index (χ3n) is 3.42. The number of thioether (sulfide) groups is 1. The molecule has 1 heterocycles. The molecule has 0 fully saturated rings. The number of halogens is 1. The lowest BCUT2D eigenvalue weighted by Crippen LogP contribution is -2.39. The number of rotatable bonds is 6. The quantitative estimate of drug-likeness (QED) is 0.831. The highest BCUT2D eigenvalue weighted by atomic mass is 79.9. The van der Waals surface area contributed by atoms with E-state index < -0.39 is 0 Å². The van der Waals surface area contributed by atoms with Crippen LogP contribution in [0.1, 0.15) is 37.0 Å². The molecule has 106 valence electrons. The maximum absolute atomic E-state index is 12.2. The van der Waals surface area contributed by atoms with Crippen LogP contribution in [0.2, 0.25) is 0 Å². The second-order valence-corrected chi connectivity index (χ2v) is 6.55. The van der Waals surface area contributed by atoms with Crippen LogP contribution in [0.5, 0.6) is 0 Å². The summed E-state index contributed by atoms with van der Waals surface area (Å²) < 4.78 is 0.832. The fraction of sp³-hybridized carbons (Fsp3) is 0.538. The fourth-order valence-electron chi connectivity index (χ4n) is 1.83. The lowest BCUT2D eigenvalue weighted by atomic mass is 10.0. The van der Waals surface area contributed by atoms with Crippen molar-refractivity contribution in [2.45, 2.75) is 31.4 Å². The number of anilines is 1. The molecule has 0 saturated carbocycles. The topological polar surface area (TPSA) is 68.0 Å². The third kappa shape index (κ3) is 4.11. The third-order valence-corrected chi connectivity index (χ3v) is 5.44. The molecule has 1 amide bonds. The smallest absolute Gasteiger partial charge is 0.255 e. The van der Waals surface area contributed by atoms with Crippen molar-refractivity contribution < 1.29 is 4.79 Å². The van der Waals surface area contributed by atoms with Crippen LogP contribution in [0.4, 0.5) is 5.82 Å². The molecule has 0 aromatic carbocycles. The molecule has 0 saturated heterocycles. The highest BCUT2D eigenvalue weighted by molar-refractivity contribution is 9.10. The van der Waals surface area contributed by atoms with Gasteiger partial charge in [0.15, 0.2) is 0 Å². The van der Waals surface area contributed by atoms with Gasteiger partial charge in [-0.3, -0.25) is 4.79 Å². The van der Waals surface area contributed by atoms with Gasteiger partial charge in [0.05, 0.1) is 5.56 Å². The van der Waals surface area contributed by atoms with Gasteiger partial charge in [-0.2, -0.15) is 11.8 Å². The van der Waals surface area contributed by atoms with Crippen LogP contribution in [0.25, 0.3) is 0 Å². The van der Waals surface area contributed by atoms with E-state index >= 15 is 0 Å². The number of nitrogens with two attached hydrogens (primary N) is 1. The summed E-state index contributed by atoms with van der Waals surface area (Å²) in [6.45, 7) is 4.91. The number of nitrogens with zero attached hydrogens (tertiary/aromatic N) is 1. The van der Waals surface area contributed by atoms with Gasteiger partial charge >= 0.3 is 0 Å². The van der Waals surface area contributed by atoms with E-state index in [2.05, 4.69) is 46.3 Å². The molecule has 19 heavy (non-hydrogen) atoms. The molecule has 4 nitrogen and oxygen atoms in total. The molecule has 0 bridgehead atoms. The summed E-state index contributed by atoms with van der Waals surface area (Å²) in [5, 5.41) is 2.96. The van der Waals surface area contributed by atoms with Crippen LogP contribution in [0, 0.1) is 0 Å². The van der Waals surface area contributed by atoms with Crippen LogP contribution < -0.4 is 11.1 Å². The molecular formula is C13H20BrN3OS. The molecule has 1 aromatic heterocycles. The normalized spacial score (nSPS) is 11.4. The minimum atomic E-state index is -0.174. The average Bonchev–Trinajstić information content (AvgIpc) is 2.43. The zero-order valence-electron chi connectivity index (χ0n) is 11.5. The maximum atomic E-state index is 12.2. The van der Waals surface area contributed by atoms with E-state index in [-0.39, 0.29) is 16.5 Å². The number of nitrogen functional groups attached to an aromatic ring is 1. The van der Waals surface area contributed by atoms with Gasteiger partial charge in [0.1, 0.15) is 5.82 Å². The zero-order chi connectivity index (χ0) is 14.5. The number of hydrogen-bond acceptors (Lipinski definition) is 4. The molecule has 6 heteroatoms. The summed E-state index contributed by atoms with van der Waals surface area (Å²) in [4.78, 5) is 16.1. The van der Waals surface area contributed by atoms with Crippen LogP contribution in [0.15, 0.2) is 16.7 Å². The van der Waals surface area contributed by atoms with Gasteiger partial charge in [-0.25, -0.2) is 4.98 Å². The lowest BCUT2D eigenvalue weighted by Gasteiger charge is -2.29. The first-order chi connectivity index (χ1) is 8.98. The molecular weight excluding hydrogens is 326 g/mol. The van der Waals surface area contributed by atoms with E-state index in [1.807, 2.05) is 0 Å². The Labute approximate surface area is 127 Å². The highest BCUT2D eigenvalue weighted by Gasteiger charge is 2.26. The molecule has 1 aromatic rings. The fourth-order valence-corrected chi connectivity index (χ4v) is 2.95. The Kier molecular flexibility index (Phi) is 6.13. The second kappa shape index (κ2) is 7.14. The summed E-state index contributed by atoms with van der Waals surface area (Å²) in [5.41, 5.74) is 6.14. The van der Waals surface area contributed by atoms with E-state index in [0.29, 0.717) is 12.1 Å². The number of aromatic nitrogens is 1. The monoisotopic (exact) mass is 345 g/mol. The van der Waals surface area contributed by atoms with Crippen molar-refractivity contribution in [1.29, 1.82) is 0 Å². The van der Waals surface area contributed by atoms with E-state index in [1.54, 1.807) is 24.0 Å². The van der Waals surface area contributed by atoms with Gasteiger partial charge in [0.25, 0.3) is 5.91 Å². The van der Waals surface area contributed by atoms with Crippen LogP contribution in [-0.2, 0) is 0 Å². The summed E-state index contributed by atoms with van der Waals surface area (Å²) in [5.74, 6) is 0.0788. The SMILES string of the molecule is CCC(CC)(CNC(=O)c1cc(Br)cnc1N)SC. The van der Waals surface area contributed by atoms with E-state index in [4.69, 9.17) is 5.73 Å². The van der Waals surface area contributed by atoms with Gasteiger partial charge in [0, 0.05) is 22.0 Å². The summed E-state index contributed by atoms with van der Waals surface area (Å²) in [6.07, 6.45) is 5.68. The number of pyridine rings is 1. The number of carbonyl (C=O) groups excluding carboxylic acids is 1. The Hall–Kier alpha value is -0.750. The Morgan fingerprint density at radius 3 is 2.68 bits per heavy atom. The van der Waals surface area contributed by atoms with Gasteiger partial charge in [-0.05, 0) is 41.1 Å². The molecule has 0 aliphatic rings. The highest BCUT2D eigenvalue weighted by Crippen LogP contribution is 2.29. The Bertz CT molecular complexity index is 441. The molecule has 3 N–H and O–H groups in total. The van der Waals surface area contributed by atoms with Crippen molar-refractivity contribution in [3.63, 3.8) is 0 Å². The Morgan fingerprint density at radius 1 is 1.53 bits per heavy atom. The van der Waals surface area contributed by atoms with E-state index in [9.17, 15) is 4.79 Å². The first-order valence-electron chi connectivity index (χ1n) is 6.22. The number of carbonyl (C=O) groups is 1. The van der Waals surface area contributed by atoms with Crippen molar-refractivity contribution in [2.24, 2.45) is 0 Å². The average molecular weight is 346 g/mol. The summed E-state index contributed by atoms with van der Waals surface area (Å²) in [6, 6.07) is 1.69. The van der Waals surface area contributed by atoms with Gasteiger partial charge in [-0.1, -0.05) is 13.8 Å². The molecule has 0 aliphatic carbocycles. The molecule has 0 atom stereocenters. The van der Waals surface area contributed by atoms with E-state index in [1.165, 1.54) is 0 Å². The second-order valence-electron chi connectivity index (χ2n) is 4.36. The Balaban J connectivity index is 2.77. The van der Waals surface area contributed by atoms with E-state index in [0.717, 1.165) is 17.3 Å². The molecule has 1 rings (SSSR count). The largest absolute Gasteiger partial charge is 0.383 e. The first-order valence-corrected chi connectivity index (χ1v) is 8.24. The van der Waals surface area contributed by atoms with Crippen molar-refractivity contribution in [3.8, 4) is 0 Å². The van der Waals surface area contributed by atoms with Crippen molar-refractivity contribution in [3.05, 3.63) is 22.3 Å². The molecule has 0 radical (unpaired) electrons. The van der Waals surface area contributed by atoms with Gasteiger partial charge in [0.2, 0.25) is 0 Å². The summed E-state index contributed by atoms with van der Waals surface area (Å²) in [7, 11) is 0. The minimum Gasteiger partial charge on any atom is -0.383 e. The first kappa shape index (κ1) is 16.3. The molecule has 0 aliphatic heterocycles. The number of hydrogen-bond donors (Lipinski definition) is 2. The van der Waals surface area contributed by atoms with Crippen LogP contribution >= 0.6 is 27.7 Å². The van der Waals surface area contributed by atoms with Gasteiger partial charge in [-0.15, -0.1) is 0 Å². The maximum Gasteiger partial charge on any atom is 0.255 e. The van der Waals surface area contributed by atoms with Crippen LogP contribution in [0.3, 0.4) is 0 Å². The Morgan fingerprint density at radius 2 is 2.16 bits per heavy atom. The zero-order valence-corrected chi connectivity index (χ0v) is 13.9. The van der Waals surface area contributed by atoms with Crippen LogP contribution in [-0.4, -0.2) is 28.4 Å². The van der Waals surface area contributed by atoms with Crippen molar-refractivity contribution in [2.75, 3.05) is 18.5 Å². The molecule has 0 unspecified atom stereocenters.